The molecule has 0 saturated heterocycles. The lowest BCUT2D eigenvalue weighted by Gasteiger charge is -2.20. The van der Waals surface area contributed by atoms with Crippen molar-refractivity contribution in [1.82, 2.24) is 9.78 Å². The maximum Gasteiger partial charge on any atom is 0.269 e. The number of carbonyl (C=O) groups excluding carboxylic acids is 2. The van der Waals surface area contributed by atoms with Crippen molar-refractivity contribution in [3.8, 4) is 16.9 Å². The number of nitrogens with zero attached hydrogens (tertiary/aromatic N) is 2. The Bertz CT molecular complexity index is 1740. The van der Waals surface area contributed by atoms with Gasteiger partial charge in [0.05, 0.1) is 32.6 Å². The van der Waals surface area contributed by atoms with Crippen LogP contribution in [0.2, 0.25) is 5.02 Å². The lowest BCUT2D eigenvalue weighted by atomic mass is 9.88. The number of primary amides is 1. The number of rotatable bonds is 7. The Balaban J connectivity index is 1.40. The molecule has 2 aliphatic carbocycles. The minimum atomic E-state index is -3.37. The standard InChI is InChI=1S/C29H25ClN4O4S/c30-25-4-2-1-3-22(25)29(36)32-19-9-7-18-8-14-23-26(28(31)35)33-34(27(23)24(18)15-19)20-10-12-21(13-11-20)39(37,38)16-17-5-6-17/h1-4,7,9-13,15,17H,5-6,8,14,16H2,(H2,31,35)(H,32,36). The van der Waals surface area contributed by atoms with E-state index in [0.29, 0.717) is 40.5 Å². The molecule has 1 fully saturated rings. The third-order valence-electron chi connectivity index (χ3n) is 7.20. The molecule has 39 heavy (non-hydrogen) atoms. The normalized spacial score (nSPS) is 14.4. The molecule has 3 aromatic carbocycles. The van der Waals surface area contributed by atoms with Crippen LogP contribution in [-0.2, 0) is 22.7 Å². The summed E-state index contributed by atoms with van der Waals surface area (Å²) in [6, 6.07) is 19.0. The third-order valence-corrected chi connectivity index (χ3v) is 9.43. The molecule has 0 radical (unpaired) electrons. The van der Waals surface area contributed by atoms with E-state index in [1.807, 2.05) is 18.2 Å². The van der Waals surface area contributed by atoms with E-state index < -0.39 is 15.7 Å². The van der Waals surface area contributed by atoms with Crippen LogP contribution in [0.4, 0.5) is 5.69 Å². The van der Waals surface area contributed by atoms with Gasteiger partial charge in [-0.15, -0.1) is 0 Å². The van der Waals surface area contributed by atoms with Crippen LogP contribution in [0, 0.1) is 5.92 Å². The molecular weight excluding hydrogens is 536 g/mol. The second-order valence-corrected chi connectivity index (χ2v) is 12.4. The SMILES string of the molecule is NC(=O)c1nn(-c2ccc(S(=O)(=O)CC3CC3)cc2)c2c1CCc1ccc(NC(=O)c3ccccc3Cl)cc1-2. The van der Waals surface area contributed by atoms with Crippen molar-refractivity contribution in [2.45, 2.75) is 30.6 Å². The van der Waals surface area contributed by atoms with Crippen molar-refractivity contribution in [2.75, 3.05) is 11.1 Å². The van der Waals surface area contributed by atoms with E-state index in [4.69, 9.17) is 17.3 Å². The Kier molecular flexibility index (Phi) is 6.28. The number of aromatic nitrogens is 2. The molecule has 1 aromatic heterocycles. The zero-order valence-corrected chi connectivity index (χ0v) is 22.4. The Morgan fingerprint density at radius 3 is 2.46 bits per heavy atom. The van der Waals surface area contributed by atoms with Gasteiger partial charge >= 0.3 is 0 Å². The van der Waals surface area contributed by atoms with Crippen molar-refractivity contribution in [2.24, 2.45) is 11.7 Å². The molecule has 2 aliphatic rings. The number of nitrogens with one attached hydrogen (secondary N) is 1. The molecule has 1 saturated carbocycles. The average Bonchev–Trinajstić information content (AvgIpc) is 3.63. The molecule has 6 rings (SSSR count). The van der Waals surface area contributed by atoms with E-state index in [0.717, 1.165) is 29.5 Å². The van der Waals surface area contributed by atoms with Gasteiger partial charge in [0, 0.05) is 16.8 Å². The number of carbonyl (C=O) groups is 2. The maximum absolute atomic E-state index is 12.9. The smallest absolute Gasteiger partial charge is 0.269 e. The molecule has 8 nitrogen and oxygen atoms in total. The van der Waals surface area contributed by atoms with Gasteiger partial charge in [0.25, 0.3) is 11.8 Å². The summed E-state index contributed by atoms with van der Waals surface area (Å²) in [7, 11) is -3.37. The van der Waals surface area contributed by atoms with Crippen LogP contribution in [0.5, 0.6) is 0 Å². The zero-order valence-electron chi connectivity index (χ0n) is 20.9. The molecule has 0 spiro atoms. The highest BCUT2D eigenvalue weighted by atomic mass is 35.5. The van der Waals surface area contributed by atoms with Crippen molar-refractivity contribution in [3.63, 3.8) is 0 Å². The fourth-order valence-corrected chi connectivity index (χ4v) is 6.95. The first-order chi connectivity index (χ1) is 18.7. The molecule has 0 aliphatic heterocycles. The quantitative estimate of drug-likeness (QED) is 0.335. The second kappa shape index (κ2) is 9.66. The summed E-state index contributed by atoms with van der Waals surface area (Å²) in [4.78, 5) is 25.5. The first-order valence-electron chi connectivity index (χ1n) is 12.7. The van der Waals surface area contributed by atoms with E-state index in [1.54, 1.807) is 53.2 Å². The summed E-state index contributed by atoms with van der Waals surface area (Å²) in [5, 5.41) is 7.80. The van der Waals surface area contributed by atoms with Crippen molar-refractivity contribution in [3.05, 3.63) is 94.1 Å². The van der Waals surface area contributed by atoms with Gasteiger partial charge in [0.15, 0.2) is 15.5 Å². The Hall–Kier alpha value is -3.95. The van der Waals surface area contributed by atoms with Crippen LogP contribution in [0.15, 0.2) is 71.6 Å². The number of amides is 2. The average molecular weight is 561 g/mol. The van der Waals surface area contributed by atoms with Gasteiger partial charge in [-0.1, -0.05) is 29.8 Å². The van der Waals surface area contributed by atoms with Crippen molar-refractivity contribution >= 4 is 38.9 Å². The first kappa shape index (κ1) is 25.3. The van der Waals surface area contributed by atoms with E-state index >= 15 is 0 Å². The Morgan fingerprint density at radius 2 is 1.77 bits per heavy atom. The topological polar surface area (TPSA) is 124 Å². The van der Waals surface area contributed by atoms with Gasteiger partial charge in [-0.25, -0.2) is 13.1 Å². The summed E-state index contributed by atoms with van der Waals surface area (Å²) >= 11 is 6.20. The van der Waals surface area contributed by atoms with Crippen molar-refractivity contribution < 1.29 is 18.0 Å². The number of anilines is 1. The highest BCUT2D eigenvalue weighted by Crippen LogP contribution is 2.39. The monoisotopic (exact) mass is 560 g/mol. The molecular formula is C29H25ClN4O4S. The fourth-order valence-electron chi connectivity index (χ4n) is 5.03. The van der Waals surface area contributed by atoms with Gasteiger partial charge in [0.2, 0.25) is 0 Å². The number of fused-ring (bicyclic) bond motifs is 3. The summed E-state index contributed by atoms with van der Waals surface area (Å²) in [5.41, 5.74) is 10.6. The number of benzene rings is 3. The molecule has 2 amide bonds. The fraction of sp³-hybridized carbons (Fsp3) is 0.207. The molecule has 0 unspecified atom stereocenters. The van der Waals surface area contributed by atoms with E-state index in [-0.39, 0.29) is 28.2 Å². The summed E-state index contributed by atoms with van der Waals surface area (Å²) in [6.45, 7) is 0. The van der Waals surface area contributed by atoms with Gasteiger partial charge in [0.1, 0.15) is 0 Å². The lowest BCUT2D eigenvalue weighted by molar-refractivity contribution is 0.0992. The largest absolute Gasteiger partial charge is 0.364 e. The first-order valence-corrected chi connectivity index (χ1v) is 14.7. The van der Waals surface area contributed by atoms with Crippen LogP contribution in [0.1, 0.15) is 44.8 Å². The summed E-state index contributed by atoms with van der Waals surface area (Å²) in [6.07, 6.45) is 3.14. The number of aryl methyl sites for hydroxylation is 1. The molecule has 4 aromatic rings. The second-order valence-electron chi connectivity index (χ2n) is 9.98. The van der Waals surface area contributed by atoms with Gasteiger partial charge in [-0.2, -0.15) is 5.10 Å². The van der Waals surface area contributed by atoms with Crippen LogP contribution in [0.3, 0.4) is 0 Å². The predicted octanol–water partition coefficient (Wildman–Crippen LogP) is 4.83. The van der Waals surface area contributed by atoms with Crippen LogP contribution < -0.4 is 11.1 Å². The minimum absolute atomic E-state index is 0.158. The van der Waals surface area contributed by atoms with Crippen LogP contribution in [-0.4, -0.2) is 35.8 Å². The number of hydrogen-bond donors (Lipinski definition) is 2. The van der Waals surface area contributed by atoms with Crippen molar-refractivity contribution in [1.29, 1.82) is 0 Å². The summed E-state index contributed by atoms with van der Waals surface area (Å²) in [5.74, 6) is -0.577. The number of hydrogen-bond acceptors (Lipinski definition) is 5. The lowest BCUT2D eigenvalue weighted by Crippen LogP contribution is -2.15. The van der Waals surface area contributed by atoms with E-state index in [1.165, 1.54) is 0 Å². The minimum Gasteiger partial charge on any atom is -0.364 e. The van der Waals surface area contributed by atoms with Crippen LogP contribution in [0.25, 0.3) is 16.9 Å². The Morgan fingerprint density at radius 1 is 1.03 bits per heavy atom. The third kappa shape index (κ3) is 4.84. The van der Waals surface area contributed by atoms with Gasteiger partial charge in [-0.3, -0.25) is 9.59 Å². The van der Waals surface area contributed by atoms with Crippen LogP contribution >= 0.6 is 11.6 Å². The summed E-state index contributed by atoms with van der Waals surface area (Å²) < 4.78 is 27.1. The molecule has 3 N–H and O–H groups in total. The highest BCUT2D eigenvalue weighted by molar-refractivity contribution is 7.91. The Labute approximate surface area is 230 Å². The maximum atomic E-state index is 12.9. The molecule has 198 valence electrons. The number of halogens is 1. The molecule has 0 bridgehead atoms. The van der Waals surface area contributed by atoms with E-state index in [2.05, 4.69) is 10.4 Å². The predicted molar refractivity (Wildman–Crippen MR) is 149 cm³/mol. The molecule has 1 heterocycles. The van der Waals surface area contributed by atoms with E-state index in [9.17, 15) is 18.0 Å². The van der Waals surface area contributed by atoms with Gasteiger partial charge in [-0.05, 0) is 85.7 Å². The number of sulfone groups is 1. The zero-order chi connectivity index (χ0) is 27.3. The molecule has 10 heteroatoms. The number of nitrogens with two attached hydrogens (primary N) is 1. The highest BCUT2D eigenvalue weighted by Gasteiger charge is 2.30. The van der Waals surface area contributed by atoms with Gasteiger partial charge < -0.3 is 11.1 Å². The molecule has 0 atom stereocenters.